The van der Waals surface area contributed by atoms with Gasteiger partial charge in [-0.15, -0.1) is 21.5 Å². The van der Waals surface area contributed by atoms with E-state index in [0.717, 1.165) is 11.5 Å². The summed E-state index contributed by atoms with van der Waals surface area (Å²) in [6.07, 6.45) is 1.09. The Labute approximate surface area is 194 Å². The maximum Gasteiger partial charge on any atom is 0.224 e. The number of nitrogens with one attached hydrogen (secondary N) is 1. The van der Waals surface area contributed by atoms with Gasteiger partial charge in [-0.05, 0) is 47.8 Å². The van der Waals surface area contributed by atoms with Crippen molar-refractivity contribution >= 4 is 40.5 Å². The molecule has 2 aromatic heterocycles. The smallest absolute Gasteiger partial charge is 0.224 e. The van der Waals surface area contributed by atoms with Gasteiger partial charge in [0, 0.05) is 34.7 Å². The molecule has 32 heavy (non-hydrogen) atoms. The zero-order valence-corrected chi connectivity index (χ0v) is 19.2. The molecule has 2 aromatic carbocycles. The van der Waals surface area contributed by atoms with Crippen LogP contribution in [0.15, 0.2) is 77.3 Å². The molecule has 0 spiro atoms. The molecule has 4 rings (SSSR count). The van der Waals surface area contributed by atoms with Crippen molar-refractivity contribution in [3.63, 3.8) is 0 Å². The topological polar surface area (TPSA) is 76.9 Å². The quantitative estimate of drug-likeness (QED) is 0.272. The Hall–Kier alpha value is -3.23. The number of thioether (sulfide) groups is 1. The molecule has 2 heterocycles. The third kappa shape index (κ3) is 5.33. The Kier molecular flexibility index (Phi) is 7.14. The molecule has 0 fully saturated rings. The van der Waals surface area contributed by atoms with E-state index in [0.29, 0.717) is 29.2 Å². The Balaban J connectivity index is 1.50. The van der Waals surface area contributed by atoms with Gasteiger partial charge in [0.2, 0.25) is 5.91 Å². The summed E-state index contributed by atoms with van der Waals surface area (Å²) in [6, 6.07) is 21.0. The van der Waals surface area contributed by atoms with Crippen molar-refractivity contribution in [3.8, 4) is 5.69 Å². The number of rotatable bonds is 9. The van der Waals surface area contributed by atoms with E-state index in [1.807, 2.05) is 46.3 Å². The monoisotopic (exact) mass is 462 g/mol. The average molecular weight is 463 g/mol. The van der Waals surface area contributed by atoms with Gasteiger partial charge < -0.3 is 5.32 Å². The lowest BCUT2D eigenvalue weighted by atomic mass is 10.1. The molecule has 8 heteroatoms. The van der Waals surface area contributed by atoms with Crippen LogP contribution in [0.5, 0.6) is 0 Å². The molecule has 0 aliphatic rings. The van der Waals surface area contributed by atoms with Crippen molar-refractivity contribution in [3.05, 3.63) is 88.4 Å². The second kappa shape index (κ2) is 10.4. The summed E-state index contributed by atoms with van der Waals surface area (Å²) in [5, 5.41) is 14.3. The normalized spacial score (nSPS) is 10.8. The molecule has 0 atom stereocenters. The summed E-state index contributed by atoms with van der Waals surface area (Å²) in [5.74, 6) is 1.01. The van der Waals surface area contributed by atoms with Crippen molar-refractivity contribution in [2.24, 2.45) is 0 Å². The molecule has 0 saturated carbocycles. The van der Waals surface area contributed by atoms with Gasteiger partial charge >= 0.3 is 0 Å². The standard InChI is InChI=1S/C24H22N4O2S2/c1-2-23(30)25-18-12-10-17(11-13-18)21(29)16-32-24-27-26-22(15-20-9-6-14-31-20)28(24)19-7-4-3-5-8-19/h3-14H,2,15-16H2,1H3,(H,25,30). The minimum absolute atomic E-state index is 0.00853. The second-order valence-electron chi connectivity index (χ2n) is 7.02. The third-order valence-electron chi connectivity index (χ3n) is 4.77. The van der Waals surface area contributed by atoms with Crippen LogP contribution in [0.25, 0.3) is 5.69 Å². The van der Waals surface area contributed by atoms with Gasteiger partial charge in [-0.3, -0.25) is 14.2 Å². The van der Waals surface area contributed by atoms with E-state index in [2.05, 4.69) is 21.6 Å². The first-order chi connectivity index (χ1) is 15.6. The highest BCUT2D eigenvalue weighted by Crippen LogP contribution is 2.25. The van der Waals surface area contributed by atoms with Gasteiger partial charge in [0.1, 0.15) is 5.82 Å². The molecular weight excluding hydrogens is 440 g/mol. The summed E-state index contributed by atoms with van der Waals surface area (Å²) in [4.78, 5) is 25.5. The predicted molar refractivity (Wildman–Crippen MR) is 129 cm³/mol. The summed E-state index contributed by atoms with van der Waals surface area (Å²) in [7, 11) is 0. The number of nitrogens with zero attached hydrogens (tertiary/aromatic N) is 3. The highest BCUT2D eigenvalue weighted by molar-refractivity contribution is 7.99. The van der Waals surface area contributed by atoms with E-state index in [4.69, 9.17) is 0 Å². The maximum atomic E-state index is 12.8. The lowest BCUT2D eigenvalue weighted by molar-refractivity contribution is -0.115. The highest BCUT2D eigenvalue weighted by atomic mass is 32.2. The van der Waals surface area contributed by atoms with Crippen molar-refractivity contribution in [1.82, 2.24) is 14.8 Å². The fraction of sp³-hybridized carbons (Fsp3) is 0.167. The maximum absolute atomic E-state index is 12.8. The number of carbonyl (C=O) groups is 2. The minimum atomic E-state index is -0.0572. The largest absolute Gasteiger partial charge is 0.326 e. The van der Waals surface area contributed by atoms with Crippen LogP contribution in [0.4, 0.5) is 5.69 Å². The molecule has 1 N–H and O–H groups in total. The molecular formula is C24H22N4O2S2. The van der Waals surface area contributed by atoms with E-state index in [-0.39, 0.29) is 17.4 Å². The molecule has 0 saturated heterocycles. The van der Waals surface area contributed by atoms with Gasteiger partial charge in [-0.2, -0.15) is 0 Å². The number of para-hydroxylation sites is 1. The Bertz CT molecular complexity index is 1190. The van der Waals surface area contributed by atoms with Crippen molar-refractivity contribution in [1.29, 1.82) is 0 Å². The Morgan fingerprint density at radius 1 is 1.00 bits per heavy atom. The number of aromatic nitrogens is 3. The number of amides is 1. The van der Waals surface area contributed by atoms with Crippen LogP contribution in [0, 0.1) is 0 Å². The first-order valence-corrected chi connectivity index (χ1v) is 12.1. The number of thiophene rings is 1. The van der Waals surface area contributed by atoms with Crippen LogP contribution in [-0.4, -0.2) is 32.2 Å². The number of anilines is 1. The van der Waals surface area contributed by atoms with Crippen LogP contribution in [0.1, 0.15) is 34.4 Å². The Morgan fingerprint density at radius 2 is 1.78 bits per heavy atom. The molecule has 1 amide bonds. The van der Waals surface area contributed by atoms with Crippen LogP contribution in [0.2, 0.25) is 0 Å². The number of carbonyl (C=O) groups excluding carboxylic acids is 2. The summed E-state index contributed by atoms with van der Waals surface area (Å²) < 4.78 is 2.01. The highest BCUT2D eigenvalue weighted by Gasteiger charge is 2.17. The summed E-state index contributed by atoms with van der Waals surface area (Å²) in [6.45, 7) is 1.80. The van der Waals surface area contributed by atoms with E-state index in [9.17, 15) is 9.59 Å². The number of ketones is 1. The van der Waals surface area contributed by atoms with Crippen LogP contribution < -0.4 is 5.32 Å². The van der Waals surface area contributed by atoms with Gasteiger partial charge in [-0.1, -0.05) is 43.0 Å². The number of hydrogen-bond acceptors (Lipinski definition) is 6. The SMILES string of the molecule is CCC(=O)Nc1ccc(C(=O)CSc2nnc(Cc3cccs3)n2-c2ccccc2)cc1. The third-order valence-corrected chi connectivity index (χ3v) is 6.58. The number of hydrogen-bond donors (Lipinski definition) is 1. The molecule has 162 valence electrons. The van der Waals surface area contributed by atoms with E-state index >= 15 is 0 Å². The van der Waals surface area contributed by atoms with Crippen molar-refractivity contribution in [2.45, 2.75) is 24.9 Å². The zero-order chi connectivity index (χ0) is 22.3. The first-order valence-electron chi connectivity index (χ1n) is 10.2. The molecule has 4 aromatic rings. The van der Waals surface area contributed by atoms with Crippen molar-refractivity contribution in [2.75, 3.05) is 11.1 Å². The molecule has 6 nitrogen and oxygen atoms in total. The molecule has 0 unspecified atom stereocenters. The lowest BCUT2D eigenvalue weighted by Gasteiger charge is -2.10. The first kappa shape index (κ1) is 22.0. The fourth-order valence-corrected chi connectivity index (χ4v) is 4.68. The van der Waals surface area contributed by atoms with Gasteiger partial charge in [0.05, 0.1) is 5.75 Å². The summed E-state index contributed by atoms with van der Waals surface area (Å²) in [5.41, 5.74) is 2.25. The van der Waals surface area contributed by atoms with Gasteiger partial charge in [-0.25, -0.2) is 0 Å². The number of Topliss-reactive ketones (excluding diaryl/α,β-unsaturated/α-hetero) is 1. The van der Waals surface area contributed by atoms with Gasteiger partial charge in [0.25, 0.3) is 0 Å². The zero-order valence-electron chi connectivity index (χ0n) is 17.5. The summed E-state index contributed by atoms with van der Waals surface area (Å²) >= 11 is 3.05. The molecule has 0 bridgehead atoms. The van der Waals surface area contributed by atoms with E-state index in [1.165, 1.54) is 16.6 Å². The fourth-order valence-electron chi connectivity index (χ4n) is 3.12. The predicted octanol–water partition coefficient (Wildman–Crippen LogP) is 5.24. The van der Waals surface area contributed by atoms with Crippen molar-refractivity contribution < 1.29 is 9.59 Å². The molecule has 0 aliphatic heterocycles. The van der Waals surface area contributed by atoms with Crippen LogP contribution in [0.3, 0.4) is 0 Å². The van der Waals surface area contributed by atoms with Crippen LogP contribution in [-0.2, 0) is 11.2 Å². The minimum Gasteiger partial charge on any atom is -0.326 e. The average Bonchev–Trinajstić information content (AvgIpc) is 3.48. The lowest BCUT2D eigenvalue weighted by Crippen LogP contribution is -2.10. The van der Waals surface area contributed by atoms with E-state index in [1.54, 1.807) is 42.5 Å². The second-order valence-corrected chi connectivity index (χ2v) is 8.99. The molecule has 0 radical (unpaired) electrons. The van der Waals surface area contributed by atoms with Gasteiger partial charge in [0.15, 0.2) is 10.9 Å². The number of benzene rings is 2. The van der Waals surface area contributed by atoms with Crippen LogP contribution >= 0.6 is 23.1 Å². The van der Waals surface area contributed by atoms with E-state index < -0.39 is 0 Å². The molecule has 0 aliphatic carbocycles. The Morgan fingerprint density at radius 3 is 2.47 bits per heavy atom.